The Labute approximate surface area is 202 Å². The Morgan fingerprint density at radius 1 is 1.11 bits per heavy atom. The summed E-state index contributed by atoms with van der Waals surface area (Å²) in [5, 5.41) is 4.48. The van der Waals surface area contributed by atoms with Crippen LogP contribution in [0.5, 0.6) is 11.5 Å². The van der Waals surface area contributed by atoms with Gasteiger partial charge in [0.1, 0.15) is 11.3 Å². The number of aromatic nitrogens is 5. The number of halogens is 1. The van der Waals surface area contributed by atoms with Gasteiger partial charge in [-0.15, -0.1) is 0 Å². The van der Waals surface area contributed by atoms with Crippen LogP contribution in [0.1, 0.15) is 11.6 Å². The smallest absolute Gasteiger partial charge is 0.283 e. The van der Waals surface area contributed by atoms with Gasteiger partial charge in [-0.05, 0) is 49.4 Å². The van der Waals surface area contributed by atoms with E-state index in [1.54, 1.807) is 31.4 Å². The lowest BCUT2D eigenvalue weighted by Crippen LogP contribution is -2.21. The molecule has 0 aliphatic rings. The number of hydrogen-bond donors (Lipinski definition) is 1. The summed E-state index contributed by atoms with van der Waals surface area (Å²) in [5.74, 6) is 1.58. The fourth-order valence-corrected chi connectivity index (χ4v) is 4.55. The van der Waals surface area contributed by atoms with Gasteiger partial charge in [0.25, 0.3) is 5.56 Å². The van der Waals surface area contributed by atoms with Crippen LogP contribution in [-0.2, 0) is 5.75 Å². The number of H-pyrrole nitrogens is 1. The summed E-state index contributed by atoms with van der Waals surface area (Å²) in [4.78, 5) is 25.5. The van der Waals surface area contributed by atoms with E-state index in [0.717, 1.165) is 5.69 Å². The van der Waals surface area contributed by atoms with Crippen LogP contribution < -0.4 is 15.0 Å². The molecule has 0 aliphatic carbocycles. The molecular weight excluding hydrogens is 473 g/mol. The Morgan fingerprint density at radius 2 is 1.91 bits per heavy atom. The first-order chi connectivity index (χ1) is 17.0. The summed E-state index contributed by atoms with van der Waals surface area (Å²) in [5.41, 5.74) is 2.56. The average molecular weight is 494 g/mol. The SMILES string of the molecule is COc1cccc(-c2noc(CSc3nc4cc(C)[nH]c4c(=O)n3-c3ccc(F)cc3)n2)c1OC. The second-order valence-corrected chi connectivity index (χ2v) is 8.51. The van der Waals surface area contributed by atoms with Gasteiger partial charge in [0.15, 0.2) is 16.7 Å². The molecule has 0 amide bonds. The van der Waals surface area contributed by atoms with E-state index >= 15 is 0 Å². The van der Waals surface area contributed by atoms with E-state index in [1.807, 2.05) is 6.92 Å². The maximum absolute atomic E-state index is 13.5. The van der Waals surface area contributed by atoms with Crippen molar-refractivity contribution in [3.05, 3.63) is 76.3 Å². The van der Waals surface area contributed by atoms with Gasteiger partial charge >= 0.3 is 0 Å². The van der Waals surface area contributed by atoms with Gasteiger partial charge in [0, 0.05) is 5.69 Å². The number of hydrogen-bond acceptors (Lipinski definition) is 8. The monoisotopic (exact) mass is 493 g/mol. The van der Waals surface area contributed by atoms with Crippen LogP contribution in [0.3, 0.4) is 0 Å². The molecular formula is C24H20FN5O4S. The fourth-order valence-electron chi connectivity index (χ4n) is 3.70. The predicted octanol–water partition coefficient (Wildman–Crippen LogP) is 4.52. The third-order valence-corrected chi connectivity index (χ3v) is 6.20. The third-order valence-electron chi connectivity index (χ3n) is 5.28. The van der Waals surface area contributed by atoms with E-state index < -0.39 is 5.82 Å². The molecule has 9 nitrogen and oxygen atoms in total. The lowest BCUT2D eigenvalue weighted by Gasteiger charge is -2.11. The minimum Gasteiger partial charge on any atom is -0.493 e. The Bertz CT molecular complexity index is 1580. The molecule has 11 heteroatoms. The molecule has 2 aromatic carbocycles. The molecule has 0 atom stereocenters. The highest BCUT2D eigenvalue weighted by Crippen LogP contribution is 2.36. The first-order valence-corrected chi connectivity index (χ1v) is 11.5. The zero-order chi connectivity index (χ0) is 24.5. The number of benzene rings is 2. The summed E-state index contributed by atoms with van der Waals surface area (Å²) in [7, 11) is 3.09. The van der Waals surface area contributed by atoms with E-state index in [9.17, 15) is 9.18 Å². The standard InChI is InChI=1S/C24H20FN5O4S/c1-13-11-17-20(26-13)23(31)30(15-9-7-14(25)8-10-15)24(27-17)35-12-19-28-22(29-34-19)16-5-4-6-18(32-2)21(16)33-3/h4-11,26H,12H2,1-3H3. The van der Waals surface area contributed by atoms with Crippen LogP contribution in [0.25, 0.3) is 28.1 Å². The second kappa shape index (κ2) is 9.26. The van der Waals surface area contributed by atoms with Crippen LogP contribution in [0.2, 0.25) is 0 Å². The van der Waals surface area contributed by atoms with Crippen molar-refractivity contribution in [3.8, 4) is 28.6 Å². The summed E-state index contributed by atoms with van der Waals surface area (Å²) >= 11 is 1.26. The van der Waals surface area contributed by atoms with E-state index in [1.165, 1.54) is 47.7 Å². The van der Waals surface area contributed by atoms with Gasteiger partial charge in [-0.2, -0.15) is 4.98 Å². The van der Waals surface area contributed by atoms with E-state index in [-0.39, 0.29) is 11.3 Å². The van der Waals surface area contributed by atoms with Crippen molar-refractivity contribution in [2.24, 2.45) is 0 Å². The molecule has 0 saturated heterocycles. The Kier molecular flexibility index (Phi) is 6.00. The van der Waals surface area contributed by atoms with Crippen LogP contribution in [-0.4, -0.2) is 38.9 Å². The molecule has 0 saturated carbocycles. The number of aryl methyl sites for hydroxylation is 1. The van der Waals surface area contributed by atoms with Crippen molar-refractivity contribution >= 4 is 22.8 Å². The number of rotatable bonds is 7. The van der Waals surface area contributed by atoms with Gasteiger partial charge < -0.3 is 19.0 Å². The number of fused-ring (bicyclic) bond motifs is 1. The maximum atomic E-state index is 13.5. The zero-order valence-electron chi connectivity index (χ0n) is 19.0. The van der Waals surface area contributed by atoms with Crippen molar-refractivity contribution in [3.63, 3.8) is 0 Å². The second-order valence-electron chi connectivity index (χ2n) is 7.57. The lowest BCUT2D eigenvalue weighted by atomic mass is 10.2. The quantitative estimate of drug-likeness (QED) is 0.260. The number of para-hydroxylation sites is 1. The highest BCUT2D eigenvalue weighted by molar-refractivity contribution is 7.98. The molecule has 5 rings (SSSR count). The summed E-state index contributed by atoms with van der Waals surface area (Å²) in [6.45, 7) is 1.85. The first-order valence-electron chi connectivity index (χ1n) is 10.5. The topological polar surface area (TPSA) is 108 Å². The normalized spacial score (nSPS) is 11.2. The van der Waals surface area contributed by atoms with Crippen molar-refractivity contribution in [1.29, 1.82) is 0 Å². The van der Waals surface area contributed by atoms with E-state index in [2.05, 4.69) is 20.1 Å². The fraction of sp³-hybridized carbons (Fsp3) is 0.167. The van der Waals surface area contributed by atoms with Crippen molar-refractivity contribution in [1.82, 2.24) is 24.7 Å². The summed E-state index contributed by atoms with van der Waals surface area (Å²) < 4.78 is 31.2. The molecule has 35 heavy (non-hydrogen) atoms. The first kappa shape index (κ1) is 22.7. The molecule has 0 radical (unpaired) electrons. The number of nitrogens with zero attached hydrogens (tertiary/aromatic N) is 4. The molecule has 0 bridgehead atoms. The van der Waals surface area contributed by atoms with Gasteiger partial charge in [-0.3, -0.25) is 9.36 Å². The molecule has 0 unspecified atom stereocenters. The minimum absolute atomic E-state index is 0.252. The van der Waals surface area contributed by atoms with Crippen LogP contribution in [0, 0.1) is 12.7 Å². The van der Waals surface area contributed by atoms with Gasteiger partial charge in [-0.1, -0.05) is 23.0 Å². The van der Waals surface area contributed by atoms with Crippen molar-refractivity contribution < 1.29 is 18.4 Å². The Morgan fingerprint density at radius 3 is 2.66 bits per heavy atom. The van der Waals surface area contributed by atoms with E-state index in [0.29, 0.717) is 50.7 Å². The van der Waals surface area contributed by atoms with Gasteiger partial charge in [0.05, 0.1) is 36.7 Å². The van der Waals surface area contributed by atoms with Gasteiger partial charge in [-0.25, -0.2) is 9.37 Å². The highest BCUT2D eigenvalue weighted by atomic mass is 32.2. The Hall–Kier alpha value is -4.12. The lowest BCUT2D eigenvalue weighted by molar-refractivity contribution is 0.355. The van der Waals surface area contributed by atoms with E-state index in [4.69, 9.17) is 14.0 Å². The molecule has 1 N–H and O–H groups in total. The number of nitrogens with one attached hydrogen (secondary N) is 1. The molecule has 178 valence electrons. The predicted molar refractivity (Wildman–Crippen MR) is 129 cm³/mol. The minimum atomic E-state index is -0.396. The molecule has 3 aromatic heterocycles. The summed E-state index contributed by atoms with van der Waals surface area (Å²) in [6, 6.07) is 12.8. The Balaban J connectivity index is 1.50. The van der Waals surface area contributed by atoms with Crippen molar-refractivity contribution in [2.75, 3.05) is 14.2 Å². The van der Waals surface area contributed by atoms with Crippen molar-refractivity contribution in [2.45, 2.75) is 17.8 Å². The largest absolute Gasteiger partial charge is 0.493 e. The third kappa shape index (κ3) is 4.26. The maximum Gasteiger partial charge on any atom is 0.283 e. The molecule has 0 spiro atoms. The number of thioether (sulfide) groups is 1. The zero-order valence-corrected chi connectivity index (χ0v) is 19.9. The number of methoxy groups -OCH3 is 2. The molecule has 5 aromatic rings. The molecule has 0 aliphatic heterocycles. The average Bonchev–Trinajstić information content (AvgIpc) is 3.49. The van der Waals surface area contributed by atoms with Gasteiger partial charge in [0.2, 0.25) is 11.7 Å². The van der Waals surface area contributed by atoms with Crippen LogP contribution in [0.15, 0.2) is 63.0 Å². The van der Waals surface area contributed by atoms with Crippen LogP contribution >= 0.6 is 11.8 Å². The van der Waals surface area contributed by atoms with Crippen LogP contribution in [0.4, 0.5) is 4.39 Å². The summed E-state index contributed by atoms with van der Waals surface area (Å²) in [6.07, 6.45) is 0. The highest BCUT2D eigenvalue weighted by Gasteiger charge is 2.19. The molecule has 3 heterocycles. The number of aromatic amines is 1. The number of ether oxygens (including phenoxy) is 2. The molecule has 0 fully saturated rings.